The molecule has 17 heavy (non-hydrogen) atoms. The lowest BCUT2D eigenvalue weighted by molar-refractivity contribution is 0.599. The molecule has 0 aliphatic rings. The van der Waals surface area contributed by atoms with Crippen molar-refractivity contribution in [1.29, 1.82) is 0 Å². The Morgan fingerprint density at radius 2 is 1.65 bits per heavy atom. The van der Waals surface area contributed by atoms with Crippen molar-refractivity contribution in [2.24, 2.45) is 0 Å². The first-order chi connectivity index (χ1) is 7.81. The molecule has 0 bridgehead atoms. The minimum atomic E-state index is -3.15. The molecule has 0 spiro atoms. The van der Waals surface area contributed by atoms with Crippen LogP contribution >= 0.6 is 0 Å². The third-order valence-electron chi connectivity index (χ3n) is 2.31. The molecule has 0 radical (unpaired) electrons. The second-order valence-corrected chi connectivity index (χ2v) is 12.9. The van der Waals surface area contributed by atoms with Crippen molar-refractivity contribution in [3.05, 3.63) is 42.5 Å². The van der Waals surface area contributed by atoms with Gasteiger partial charge in [0.1, 0.15) is 0 Å². The average Bonchev–Trinajstić information content (AvgIpc) is 2.25. The number of rotatable bonds is 5. The van der Waals surface area contributed by atoms with E-state index in [0.29, 0.717) is 4.90 Å². The lowest BCUT2D eigenvalue weighted by Gasteiger charge is -2.11. The van der Waals surface area contributed by atoms with Crippen molar-refractivity contribution >= 4 is 17.9 Å². The quantitative estimate of drug-likeness (QED) is 0.606. The molecule has 0 N–H and O–H groups in total. The van der Waals surface area contributed by atoms with Gasteiger partial charge in [-0.3, -0.25) is 0 Å². The maximum atomic E-state index is 11.9. The van der Waals surface area contributed by atoms with E-state index in [0.717, 1.165) is 6.04 Å². The van der Waals surface area contributed by atoms with Gasteiger partial charge in [-0.1, -0.05) is 50.0 Å². The number of benzene rings is 1. The molecule has 1 aromatic rings. The first-order valence-corrected chi connectivity index (χ1v) is 11.1. The van der Waals surface area contributed by atoms with Gasteiger partial charge in [0, 0.05) is 8.07 Å². The molecule has 0 atom stereocenters. The van der Waals surface area contributed by atoms with Crippen LogP contribution in [-0.4, -0.2) is 22.2 Å². The fourth-order valence-electron chi connectivity index (χ4n) is 1.36. The minimum absolute atomic E-state index is 0.0987. The summed E-state index contributed by atoms with van der Waals surface area (Å²) < 4.78 is 23.8. The number of hydrogen-bond donors (Lipinski definition) is 0. The number of allylic oxidation sites excluding steroid dienone is 1. The van der Waals surface area contributed by atoms with Gasteiger partial charge in [-0.05, 0) is 18.2 Å². The van der Waals surface area contributed by atoms with Crippen molar-refractivity contribution < 1.29 is 8.42 Å². The smallest absolute Gasteiger partial charge is 0.181 e. The van der Waals surface area contributed by atoms with Crippen molar-refractivity contribution in [2.45, 2.75) is 30.6 Å². The van der Waals surface area contributed by atoms with Gasteiger partial charge in [-0.2, -0.15) is 0 Å². The highest BCUT2D eigenvalue weighted by Crippen LogP contribution is 2.12. The van der Waals surface area contributed by atoms with Crippen LogP contribution in [0.15, 0.2) is 47.4 Å². The van der Waals surface area contributed by atoms with E-state index in [1.807, 2.05) is 12.1 Å². The van der Waals surface area contributed by atoms with E-state index in [1.165, 1.54) is 0 Å². The predicted molar refractivity (Wildman–Crippen MR) is 75.8 cm³/mol. The zero-order chi connectivity index (χ0) is 12.9. The maximum Gasteiger partial charge on any atom is 0.181 e. The number of sulfone groups is 1. The molecule has 0 aliphatic carbocycles. The second kappa shape index (κ2) is 5.64. The summed E-state index contributed by atoms with van der Waals surface area (Å²) in [6, 6.07) is 9.62. The molecule has 1 aromatic carbocycles. The standard InChI is InChI=1S/C13H20O2SSi/c1-17(2,3)12-8-7-11-16(14,15)13-9-5-4-6-10-13/h4-10H,11-12H2,1-3H3/b8-7+. The molecule has 0 unspecified atom stereocenters. The Kier molecular flexibility index (Phi) is 4.71. The van der Waals surface area contributed by atoms with E-state index in [2.05, 4.69) is 19.6 Å². The van der Waals surface area contributed by atoms with E-state index in [9.17, 15) is 8.42 Å². The molecule has 0 aliphatic heterocycles. The largest absolute Gasteiger partial charge is 0.223 e. The van der Waals surface area contributed by atoms with Gasteiger partial charge in [0.2, 0.25) is 0 Å². The average molecular weight is 268 g/mol. The third kappa shape index (κ3) is 5.32. The molecule has 0 saturated carbocycles. The molecule has 94 valence electrons. The first-order valence-electron chi connectivity index (χ1n) is 5.74. The molecular formula is C13H20O2SSi. The predicted octanol–water partition coefficient (Wildman–Crippen LogP) is 3.35. The van der Waals surface area contributed by atoms with Crippen molar-refractivity contribution in [2.75, 3.05) is 5.75 Å². The molecule has 0 aromatic heterocycles. The van der Waals surface area contributed by atoms with Crippen LogP contribution in [0.1, 0.15) is 0 Å². The molecule has 2 nitrogen and oxygen atoms in total. The van der Waals surface area contributed by atoms with Crippen LogP contribution in [0.3, 0.4) is 0 Å². The van der Waals surface area contributed by atoms with E-state index in [1.54, 1.807) is 30.3 Å². The Morgan fingerprint density at radius 1 is 1.06 bits per heavy atom. The number of hydrogen-bond acceptors (Lipinski definition) is 2. The Bertz CT molecular complexity index is 470. The highest BCUT2D eigenvalue weighted by atomic mass is 32.2. The topological polar surface area (TPSA) is 34.1 Å². The molecule has 0 saturated heterocycles. The highest BCUT2D eigenvalue weighted by molar-refractivity contribution is 7.91. The van der Waals surface area contributed by atoms with Crippen LogP contribution in [-0.2, 0) is 9.84 Å². The Hall–Kier alpha value is -0.873. The summed E-state index contributed by atoms with van der Waals surface area (Å²) in [6.07, 6.45) is 3.79. The fraction of sp³-hybridized carbons (Fsp3) is 0.385. The van der Waals surface area contributed by atoms with Crippen LogP contribution in [0.2, 0.25) is 25.7 Å². The Balaban J connectivity index is 2.64. The first kappa shape index (κ1) is 14.2. The summed E-state index contributed by atoms with van der Waals surface area (Å²) >= 11 is 0. The van der Waals surface area contributed by atoms with Gasteiger partial charge in [0.15, 0.2) is 9.84 Å². The molecule has 0 fully saturated rings. The van der Waals surface area contributed by atoms with Crippen molar-refractivity contribution in [3.63, 3.8) is 0 Å². The van der Waals surface area contributed by atoms with Gasteiger partial charge in [0.25, 0.3) is 0 Å². The molecular weight excluding hydrogens is 248 g/mol. The lowest BCUT2D eigenvalue weighted by atomic mass is 10.4. The summed E-state index contributed by atoms with van der Waals surface area (Å²) in [7, 11) is -4.26. The van der Waals surface area contributed by atoms with Gasteiger partial charge in [-0.25, -0.2) is 8.42 Å². The fourth-order valence-corrected chi connectivity index (χ4v) is 3.38. The molecule has 0 amide bonds. The van der Waals surface area contributed by atoms with E-state index in [-0.39, 0.29) is 5.75 Å². The van der Waals surface area contributed by atoms with Crippen LogP contribution in [0.25, 0.3) is 0 Å². The zero-order valence-electron chi connectivity index (χ0n) is 10.7. The van der Waals surface area contributed by atoms with E-state index >= 15 is 0 Å². The summed E-state index contributed by atoms with van der Waals surface area (Å²) in [5.41, 5.74) is 0. The summed E-state index contributed by atoms with van der Waals surface area (Å²) in [5.74, 6) is 0.0987. The second-order valence-electron chi connectivity index (χ2n) is 5.33. The van der Waals surface area contributed by atoms with Crippen LogP contribution < -0.4 is 0 Å². The van der Waals surface area contributed by atoms with Gasteiger partial charge in [-0.15, -0.1) is 0 Å². The molecule has 0 heterocycles. The lowest BCUT2D eigenvalue weighted by Crippen LogP contribution is -2.17. The maximum absolute atomic E-state index is 11.9. The molecule has 1 rings (SSSR count). The monoisotopic (exact) mass is 268 g/mol. The Morgan fingerprint density at radius 3 is 2.18 bits per heavy atom. The van der Waals surface area contributed by atoms with Gasteiger partial charge in [0.05, 0.1) is 10.6 Å². The third-order valence-corrected chi connectivity index (χ3v) is 5.40. The molecule has 4 heteroatoms. The van der Waals surface area contributed by atoms with Crippen molar-refractivity contribution in [1.82, 2.24) is 0 Å². The Labute approximate surface area is 105 Å². The normalized spacial score (nSPS) is 13.1. The summed E-state index contributed by atoms with van der Waals surface area (Å²) in [4.78, 5) is 0.401. The summed E-state index contributed by atoms with van der Waals surface area (Å²) in [6.45, 7) is 6.80. The zero-order valence-corrected chi connectivity index (χ0v) is 12.5. The van der Waals surface area contributed by atoms with Crippen LogP contribution in [0.4, 0.5) is 0 Å². The van der Waals surface area contributed by atoms with Gasteiger partial charge < -0.3 is 0 Å². The SMILES string of the molecule is C[Si](C)(C)C/C=C/CS(=O)(=O)c1ccccc1. The van der Waals surface area contributed by atoms with E-state index in [4.69, 9.17) is 0 Å². The van der Waals surface area contributed by atoms with Crippen LogP contribution in [0, 0.1) is 0 Å². The van der Waals surface area contributed by atoms with Crippen molar-refractivity contribution in [3.8, 4) is 0 Å². The highest BCUT2D eigenvalue weighted by Gasteiger charge is 2.12. The van der Waals surface area contributed by atoms with Crippen LogP contribution in [0.5, 0.6) is 0 Å². The van der Waals surface area contributed by atoms with E-state index < -0.39 is 17.9 Å². The summed E-state index contributed by atoms with van der Waals surface area (Å²) in [5, 5.41) is 0. The minimum Gasteiger partial charge on any atom is -0.223 e. The van der Waals surface area contributed by atoms with Gasteiger partial charge >= 0.3 is 0 Å².